The van der Waals surface area contributed by atoms with E-state index in [-0.39, 0.29) is 5.91 Å². The van der Waals surface area contributed by atoms with E-state index in [1.807, 2.05) is 6.92 Å². The van der Waals surface area contributed by atoms with E-state index in [0.29, 0.717) is 18.0 Å². The van der Waals surface area contributed by atoms with Crippen molar-refractivity contribution in [2.45, 2.75) is 57.9 Å². The van der Waals surface area contributed by atoms with Crippen LogP contribution in [0, 0.1) is 0 Å². The van der Waals surface area contributed by atoms with Gasteiger partial charge in [0, 0.05) is 5.92 Å². The number of aryl methyl sites for hydroxylation is 1. The third-order valence-electron chi connectivity index (χ3n) is 4.14. The zero-order valence-corrected chi connectivity index (χ0v) is 13.6. The minimum atomic E-state index is -0.0810. The summed E-state index contributed by atoms with van der Waals surface area (Å²) in [6.07, 6.45) is 8.54. The second kappa shape index (κ2) is 7.00. The zero-order valence-electron chi connectivity index (χ0n) is 12.8. The first-order valence-electron chi connectivity index (χ1n) is 7.90. The van der Waals surface area contributed by atoms with Gasteiger partial charge in [-0.25, -0.2) is 0 Å². The summed E-state index contributed by atoms with van der Waals surface area (Å²) in [6, 6.07) is 0. The monoisotopic (exact) mass is 319 g/mol. The molecule has 3 rings (SSSR count). The van der Waals surface area contributed by atoms with E-state index in [1.165, 1.54) is 19.3 Å². The molecule has 0 unspecified atom stereocenters. The highest BCUT2D eigenvalue weighted by Crippen LogP contribution is 2.33. The van der Waals surface area contributed by atoms with Gasteiger partial charge < -0.3 is 5.32 Å². The largest absolute Gasteiger partial charge is 0.345 e. The number of nitrogens with one attached hydrogen (secondary N) is 2. The molecule has 22 heavy (non-hydrogen) atoms. The van der Waals surface area contributed by atoms with Crippen LogP contribution in [0.25, 0.3) is 0 Å². The number of aromatic amines is 1. The number of H-pyrrole nitrogens is 1. The van der Waals surface area contributed by atoms with Crippen molar-refractivity contribution in [3.05, 3.63) is 27.5 Å². The Labute approximate surface area is 133 Å². The minimum absolute atomic E-state index is 0.0810. The van der Waals surface area contributed by atoms with Gasteiger partial charge in [0.15, 0.2) is 0 Å². The van der Waals surface area contributed by atoms with E-state index in [2.05, 4.69) is 25.7 Å². The second-order valence-electron chi connectivity index (χ2n) is 5.66. The molecular formula is C15H21N5OS. The zero-order chi connectivity index (χ0) is 15.4. The average molecular weight is 319 g/mol. The van der Waals surface area contributed by atoms with Gasteiger partial charge in [0.2, 0.25) is 0 Å². The first kappa shape index (κ1) is 15.1. The molecule has 2 N–H and O–H groups in total. The fraction of sp³-hybridized carbons (Fsp3) is 0.600. The summed E-state index contributed by atoms with van der Waals surface area (Å²) in [6.45, 7) is 2.47. The molecule has 0 saturated heterocycles. The predicted molar refractivity (Wildman–Crippen MR) is 84.9 cm³/mol. The van der Waals surface area contributed by atoms with Crippen LogP contribution < -0.4 is 5.32 Å². The first-order valence-corrected chi connectivity index (χ1v) is 8.72. The summed E-state index contributed by atoms with van der Waals surface area (Å²) in [7, 11) is 0. The number of hydrogen-bond donors (Lipinski definition) is 2. The molecule has 1 saturated carbocycles. The van der Waals surface area contributed by atoms with Crippen molar-refractivity contribution < 1.29 is 4.79 Å². The van der Waals surface area contributed by atoms with Gasteiger partial charge in [0.1, 0.15) is 10.0 Å². The topological polar surface area (TPSA) is 83.6 Å². The van der Waals surface area contributed by atoms with Gasteiger partial charge in [0.25, 0.3) is 5.91 Å². The van der Waals surface area contributed by atoms with Gasteiger partial charge in [-0.3, -0.25) is 9.89 Å². The summed E-state index contributed by atoms with van der Waals surface area (Å²) < 4.78 is 0. The van der Waals surface area contributed by atoms with E-state index < -0.39 is 0 Å². The third-order valence-corrected chi connectivity index (χ3v) is 5.21. The fourth-order valence-corrected chi connectivity index (χ4v) is 3.66. The Kier molecular flexibility index (Phi) is 4.82. The normalized spacial score (nSPS) is 15.9. The molecule has 0 aliphatic heterocycles. The number of carbonyl (C=O) groups excluding carboxylic acids is 1. The quantitative estimate of drug-likeness (QED) is 0.887. The van der Waals surface area contributed by atoms with Crippen molar-refractivity contribution in [1.82, 2.24) is 25.7 Å². The van der Waals surface area contributed by atoms with E-state index in [4.69, 9.17) is 0 Å². The van der Waals surface area contributed by atoms with Crippen molar-refractivity contribution in [2.75, 3.05) is 0 Å². The molecule has 0 aromatic carbocycles. The summed E-state index contributed by atoms with van der Waals surface area (Å²) in [5, 5.41) is 20.0. The van der Waals surface area contributed by atoms with Crippen LogP contribution in [0.4, 0.5) is 0 Å². The molecule has 1 fully saturated rings. The molecule has 2 aromatic heterocycles. The Morgan fingerprint density at radius 3 is 2.82 bits per heavy atom. The SMILES string of the molecule is CCc1nnc(CNC(=O)c2cn[nH]c2C2CCCCC2)s1. The van der Waals surface area contributed by atoms with E-state index >= 15 is 0 Å². The highest BCUT2D eigenvalue weighted by atomic mass is 32.1. The Hall–Kier alpha value is -1.76. The maximum absolute atomic E-state index is 12.4. The van der Waals surface area contributed by atoms with E-state index in [1.54, 1.807) is 17.5 Å². The van der Waals surface area contributed by atoms with Gasteiger partial charge in [-0.2, -0.15) is 5.10 Å². The van der Waals surface area contributed by atoms with Gasteiger partial charge in [0.05, 0.1) is 24.0 Å². The predicted octanol–water partition coefficient (Wildman–Crippen LogP) is 2.80. The molecule has 0 spiro atoms. The maximum atomic E-state index is 12.4. The third kappa shape index (κ3) is 3.35. The van der Waals surface area contributed by atoms with Crippen molar-refractivity contribution >= 4 is 17.2 Å². The molecule has 1 aliphatic carbocycles. The molecule has 2 aromatic rings. The highest BCUT2D eigenvalue weighted by molar-refractivity contribution is 7.11. The lowest BCUT2D eigenvalue weighted by atomic mass is 9.85. The lowest BCUT2D eigenvalue weighted by Crippen LogP contribution is -2.24. The molecule has 7 heteroatoms. The van der Waals surface area contributed by atoms with Crippen LogP contribution in [0.2, 0.25) is 0 Å². The smallest absolute Gasteiger partial charge is 0.255 e. The lowest BCUT2D eigenvalue weighted by molar-refractivity contribution is 0.0949. The Bertz CT molecular complexity index is 629. The Morgan fingerprint density at radius 2 is 2.09 bits per heavy atom. The van der Waals surface area contributed by atoms with Crippen LogP contribution in [0.15, 0.2) is 6.20 Å². The number of rotatable bonds is 5. The van der Waals surface area contributed by atoms with Crippen LogP contribution in [-0.2, 0) is 13.0 Å². The average Bonchev–Trinajstić information content (AvgIpc) is 3.22. The highest BCUT2D eigenvalue weighted by Gasteiger charge is 2.23. The Balaban J connectivity index is 1.63. The minimum Gasteiger partial charge on any atom is -0.345 e. The van der Waals surface area contributed by atoms with Gasteiger partial charge in [-0.1, -0.05) is 37.5 Å². The molecular weight excluding hydrogens is 298 g/mol. The summed E-state index contributed by atoms with van der Waals surface area (Å²) in [5.74, 6) is 0.354. The van der Waals surface area contributed by atoms with Crippen LogP contribution >= 0.6 is 11.3 Å². The van der Waals surface area contributed by atoms with Crippen molar-refractivity contribution in [2.24, 2.45) is 0 Å². The molecule has 118 valence electrons. The molecule has 1 amide bonds. The fourth-order valence-electron chi connectivity index (χ4n) is 2.93. The Morgan fingerprint density at radius 1 is 1.32 bits per heavy atom. The standard InChI is InChI=1S/C15H21N5OS/c1-2-12-18-19-13(22-12)9-16-15(21)11-8-17-20-14(11)10-6-4-3-5-7-10/h8,10H,2-7,9H2,1H3,(H,16,21)(H,17,20). The molecule has 1 aliphatic rings. The molecule has 0 bridgehead atoms. The number of nitrogens with zero attached hydrogens (tertiary/aromatic N) is 3. The van der Waals surface area contributed by atoms with Crippen LogP contribution in [-0.4, -0.2) is 26.3 Å². The number of aromatic nitrogens is 4. The van der Waals surface area contributed by atoms with Crippen molar-refractivity contribution in [3.63, 3.8) is 0 Å². The second-order valence-corrected chi connectivity index (χ2v) is 6.80. The summed E-state index contributed by atoms with van der Waals surface area (Å²) >= 11 is 1.54. The van der Waals surface area contributed by atoms with Gasteiger partial charge >= 0.3 is 0 Å². The van der Waals surface area contributed by atoms with Crippen molar-refractivity contribution in [3.8, 4) is 0 Å². The molecule has 0 radical (unpaired) electrons. The molecule has 0 atom stereocenters. The van der Waals surface area contributed by atoms with Gasteiger partial charge in [-0.15, -0.1) is 10.2 Å². The van der Waals surface area contributed by atoms with Crippen molar-refractivity contribution in [1.29, 1.82) is 0 Å². The summed E-state index contributed by atoms with van der Waals surface area (Å²) in [4.78, 5) is 12.4. The van der Waals surface area contributed by atoms with Gasteiger partial charge in [-0.05, 0) is 19.3 Å². The van der Waals surface area contributed by atoms with Crippen LogP contribution in [0.1, 0.15) is 71.0 Å². The maximum Gasteiger partial charge on any atom is 0.255 e. The lowest BCUT2D eigenvalue weighted by Gasteiger charge is -2.21. The summed E-state index contributed by atoms with van der Waals surface area (Å²) in [5.41, 5.74) is 1.66. The van der Waals surface area contributed by atoms with Crippen LogP contribution in [0.5, 0.6) is 0 Å². The first-order chi connectivity index (χ1) is 10.8. The number of carbonyl (C=O) groups is 1. The van der Waals surface area contributed by atoms with E-state index in [9.17, 15) is 4.79 Å². The van der Waals surface area contributed by atoms with Crippen LogP contribution in [0.3, 0.4) is 0 Å². The molecule has 2 heterocycles. The number of hydrogen-bond acceptors (Lipinski definition) is 5. The number of amides is 1. The van der Waals surface area contributed by atoms with E-state index in [0.717, 1.165) is 35.0 Å². The molecule has 6 nitrogen and oxygen atoms in total.